The zero-order chi connectivity index (χ0) is 29.6. The molecule has 0 aliphatic rings. The molecule has 216 valence electrons. The highest BCUT2D eigenvalue weighted by atomic mass is 32.2. The Bertz CT molecular complexity index is 1930. The van der Waals surface area contributed by atoms with Crippen LogP contribution in [0, 0.1) is 0 Å². The number of rotatable bonds is 11. The minimum atomic E-state index is -3.80. The van der Waals surface area contributed by atoms with Crippen molar-refractivity contribution in [2.24, 2.45) is 0 Å². The molecule has 1 atom stereocenters. The average molecular weight is 592 g/mol. The highest BCUT2D eigenvalue weighted by Gasteiger charge is 2.16. The summed E-state index contributed by atoms with van der Waals surface area (Å²) in [7, 11) is -3.80. The van der Waals surface area contributed by atoms with Gasteiger partial charge in [0.1, 0.15) is 0 Å². The van der Waals surface area contributed by atoms with E-state index < -0.39 is 16.1 Å². The van der Waals surface area contributed by atoms with Gasteiger partial charge in [0, 0.05) is 41.3 Å². The Kier molecular flexibility index (Phi) is 8.23. The first kappa shape index (κ1) is 28.2. The second-order valence-electron chi connectivity index (χ2n) is 10.1. The molecule has 0 radical (unpaired) electrons. The van der Waals surface area contributed by atoms with Crippen molar-refractivity contribution in [2.45, 2.75) is 17.4 Å². The molecule has 0 saturated heterocycles. The van der Waals surface area contributed by atoms with Crippen molar-refractivity contribution in [2.75, 3.05) is 17.8 Å². The lowest BCUT2D eigenvalue weighted by Crippen LogP contribution is -2.23. The van der Waals surface area contributed by atoms with Crippen LogP contribution in [0.1, 0.15) is 17.2 Å². The number of fused-ring (bicyclic) bond motifs is 1. The van der Waals surface area contributed by atoms with E-state index in [1.807, 2.05) is 60.7 Å². The molecule has 6 aromatic rings. The molecule has 2 aromatic heterocycles. The van der Waals surface area contributed by atoms with Crippen molar-refractivity contribution in [3.8, 4) is 22.8 Å². The summed E-state index contributed by atoms with van der Waals surface area (Å²) in [4.78, 5) is 8.66. The molecule has 43 heavy (non-hydrogen) atoms. The Labute approximate surface area is 249 Å². The molecule has 2 heterocycles. The Morgan fingerprint density at radius 3 is 2.37 bits per heavy atom. The van der Waals surface area contributed by atoms with E-state index in [1.54, 1.807) is 42.7 Å². The molecule has 0 spiro atoms. The first-order valence-corrected chi connectivity index (χ1v) is 15.3. The lowest BCUT2D eigenvalue weighted by molar-refractivity contribution is 0.174. The number of aliphatic hydroxyl groups is 1. The Balaban J connectivity index is 1.04. The van der Waals surface area contributed by atoms with Crippen LogP contribution in [0.2, 0.25) is 0 Å². The molecule has 9 nitrogen and oxygen atoms in total. The van der Waals surface area contributed by atoms with Crippen LogP contribution < -0.4 is 10.0 Å². The molecule has 4 aromatic carbocycles. The second-order valence-corrected chi connectivity index (χ2v) is 11.8. The van der Waals surface area contributed by atoms with Crippen molar-refractivity contribution in [3.05, 3.63) is 127 Å². The van der Waals surface area contributed by atoms with Gasteiger partial charge in [0.05, 0.1) is 11.0 Å². The number of nitrogens with zero attached hydrogens (tertiary/aromatic N) is 3. The standard InChI is InChI=1S/C33H29N5O4S/c39-31(28-6-3-18-34-21-28)22-35-19-17-23-7-13-29(14-8-23)38-43(40,41)30-15-11-25(12-16-30)32-36-33(42-37-32)27-10-9-24-4-1-2-5-26(24)20-27/h1-16,18,20-21,31,35,38-39H,17,19,22H2. The lowest BCUT2D eigenvalue weighted by atomic mass is 10.1. The van der Waals surface area contributed by atoms with E-state index in [4.69, 9.17) is 4.52 Å². The summed E-state index contributed by atoms with van der Waals surface area (Å²) in [5.74, 6) is 0.761. The molecule has 0 amide bonds. The monoisotopic (exact) mass is 591 g/mol. The van der Waals surface area contributed by atoms with Crippen LogP contribution >= 0.6 is 0 Å². The molecule has 1 unspecified atom stereocenters. The average Bonchev–Trinajstić information content (AvgIpc) is 3.54. The molecule has 0 aliphatic carbocycles. The summed E-state index contributed by atoms with van der Waals surface area (Å²) in [5.41, 5.74) is 3.72. The maximum atomic E-state index is 13.0. The van der Waals surface area contributed by atoms with E-state index in [0.29, 0.717) is 36.1 Å². The first-order valence-electron chi connectivity index (χ1n) is 13.8. The molecule has 0 fully saturated rings. The largest absolute Gasteiger partial charge is 0.387 e. The smallest absolute Gasteiger partial charge is 0.261 e. The summed E-state index contributed by atoms with van der Waals surface area (Å²) in [5, 5.41) is 19.7. The van der Waals surface area contributed by atoms with E-state index in [1.165, 1.54) is 12.1 Å². The number of aliphatic hydroxyl groups excluding tert-OH is 1. The Hall–Kier alpha value is -4.90. The van der Waals surface area contributed by atoms with Gasteiger partial charge in [-0.2, -0.15) is 4.98 Å². The molecule has 10 heteroatoms. The van der Waals surface area contributed by atoms with Crippen LogP contribution in [0.3, 0.4) is 0 Å². The molecule has 0 bridgehead atoms. The van der Waals surface area contributed by atoms with Gasteiger partial charge in [-0.3, -0.25) is 9.71 Å². The summed E-state index contributed by atoms with van der Waals surface area (Å²) < 4.78 is 34.2. The number of nitrogens with one attached hydrogen (secondary N) is 2. The van der Waals surface area contributed by atoms with Crippen molar-refractivity contribution in [1.29, 1.82) is 0 Å². The number of hydrogen-bond donors (Lipinski definition) is 3. The normalized spacial score (nSPS) is 12.3. The third-order valence-electron chi connectivity index (χ3n) is 7.05. The second kappa shape index (κ2) is 12.5. The highest BCUT2D eigenvalue weighted by molar-refractivity contribution is 7.92. The summed E-state index contributed by atoms with van der Waals surface area (Å²) >= 11 is 0. The summed E-state index contributed by atoms with van der Waals surface area (Å²) in [6.07, 6.45) is 3.42. The molecule has 0 aliphatic heterocycles. The van der Waals surface area contributed by atoms with Crippen molar-refractivity contribution in [1.82, 2.24) is 20.4 Å². The molecule has 3 N–H and O–H groups in total. The predicted octanol–water partition coefficient (Wildman–Crippen LogP) is 5.62. The van der Waals surface area contributed by atoms with E-state index in [-0.39, 0.29) is 4.90 Å². The van der Waals surface area contributed by atoms with Gasteiger partial charge in [-0.15, -0.1) is 0 Å². The van der Waals surface area contributed by atoms with Gasteiger partial charge >= 0.3 is 0 Å². The van der Waals surface area contributed by atoms with Crippen LogP contribution in [0.15, 0.2) is 125 Å². The minimum absolute atomic E-state index is 0.120. The molecule has 0 saturated carbocycles. The van der Waals surface area contributed by atoms with Gasteiger partial charge in [0.2, 0.25) is 5.82 Å². The quantitative estimate of drug-likeness (QED) is 0.166. The molecular formula is C33H29N5O4S. The van der Waals surface area contributed by atoms with Crippen molar-refractivity contribution in [3.63, 3.8) is 0 Å². The van der Waals surface area contributed by atoms with E-state index in [2.05, 4.69) is 25.2 Å². The van der Waals surface area contributed by atoms with Crippen molar-refractivity contribution >= 4 is 26.5 Å². The lowest BCUT2D eigenvalue weighted by Gasteiger charge is -2.12. The van der Waals surface area contributed by atoms with E-state index >= 15 is 0 Å². The number of pyridine rings is 1. The van der Waals surface area contributed by atoms with E-state index in [9.17, 15) is 13.5 Å². The molecule has 6 rings (SSSR count). The zero-order valence-corrected chi connectivity index (χ0v) is 23.9. The van der Waals surface area contributed by atoms with Crippen LogP contribution in [-0.4, -0.2) is 41.7 Å². The minimum Gasteiger partial charge on any atom is -0.387 e. The Morgan fingerprint density at radius 1 is 0.837 bits per heavy atom. The van der Waals surface area contributed by atoms with E-state index in [0.717, 1.165) is 33.9 Å². The summed E-state index contributed by atoms with van der Waals surface area (Å²) in [6.45, 7) is 1.08. The van der Waals surface area contributed by atoms with Crippen LogP contribution in [0.25, 0.3) is 33.6 Å². The van der Waals surface area contributed by atoms with Gasteiger partial charge in [-0.25, -0.2) is 8.42 Å². The number of sulfonamides is 1. The fourth-order valence-corrected chi connectivity index (χ4v) is 5.74. The first-order chi connectivity index (χ1) is 20.9. The summed E-state index contributed by atoms with van der Waals surface area (Å²) in [6, 6.07) is 31.2. The fourth-order valence-electron chi connectivity index (χ4n) is 4.68. The fraction of sp³-hybridized carbons (Fsp3) is 0.121. The van der Waals surface area contributed by atoms with Gasteiger partial charge < -0.3 is 14.9 Å². The van der Waals surface area contributed by atoms with Gasteiger partial charge in [-0.05, 0) is 83.9 Å². The number of aromatic nitrogens is 3. The highest BCUT2D eigenvalue weighted by Crippen LogP contribution is 2.27. The van der Waals surface area contributed by atoms with Gasteiger partial charge in [0.15, 0.2) is 0 Å². The predicted molar refractivity (Wildman–Crippen MR) is 166 cm³/mol. The van der Waals surface area contributed by atoms with Crippen molar-refractivity contribution < 1.29 is 18.0 Å². The zero-order valence-electron chi connectivity index (χ0n) is 23.1. The SMILES string of the molecule is O=S(=O)(Nc1ccc(CCNCC(O)c2cccnc2)cc1)c1ccc(-c2noc(-c3ccc4ccccc4c3)n2)cc1. The maximum Gasteiger partial charge on any atom is 0.261 e. The van der Waals surface area contributed by atoms with Gasteiger partial charge in [0.25, 0.3) is 15.9 Å². The molecular weight excluding hydrogens is 562 g/mol. The van der Waals surface area contributed by atoms with Gasteiger partial charge in [-0.1, -0.05) is 53.7 Å². The van der Waals surface area contributed by atoms with Crippen LogP contribution in [-0.2, 0) is 16.4 Å². The maximum absolute atomic E-state index is 13.0. The topological polar surface area (TPSA) is 130 Å². The third kappa shape index (κ3) is 6.78. The number of benzene rings is 4. The van der Waals surface area contributed by atoms with Crippen LogP contribution in [0.5, 0.6) is 0 Å². The number of anilines is 1. The third-order valence-corrected chi connectivity index (χ3v) is 8.45. The van der Waals surface area contributed by atoms with Crippen LogP contribution in [0.4, 0.5) is 5.69 Å². The number of hydrogen-bond acceptors (Lipinski definition) is 8. The Morgan fingerprint density at radius 2 is 1.60 bits per heavy atom.